The summed E-state index contributed by atoms with van der Waals surface area (Å²) in [5.74, 6) is 0. The lowest BCUT2D eigenvalue weighted by atomic mass is 10.0. The van der Waals surface area contributed by atoms with E-state index < -0.39 is 0 Å². The molecule has 0 saturated heterocycles. The van der Waals surface area contributed by atoms with Crippen molar-refractivity contribution in [3.63, 3.8) is 0 Å². The Morgan fingerprint density at radius 1 is 1.10 bits per heavy atom. The minimum Gasteiger partial charge on any atom is -0.304 e. The zero-order chi connectivity index (χ0) is 15.4. The maximum Gasteiger partial charge on any atom is 0.272 e. The van der Waals surface area contributed by atoms with Gasteiger partial charge in [0.05, 0.1) is 4.92 Å². The van der Waals surface area contributed by atoms with Gasteiger partial charge in [-0.25, -0.2) is 0 Å². The van der Waals surface area contributed by atoms with Gasteiger partial charge >= 0.3 is 0 Å². The number of benzene rings is 1. The molecule has 0 fully saturated rings. The highest BCUT2D eigenvalue weighted by molar-refractivity contribution is 5.43. The van der Waals surface area contributed by atoms with Crippen LogP contribution in [-0.2, 0) is 0 Å². The molecule has 5 nitrogen and oxygen atoms in total. The molecule has 2 aromatic rings. The third kappa shape index (κ3) is 3.64. The van der Waals surface area contributed by atoms with E-state index in [0.29, 0.717) is 5.56 Å². The number of nitrogens with zero attached hydrogens (tertiary/aromatic N) is 2. The lowest BCUT2D eigenvalue weighted by Crippen LogP contribution is -2.22. The minimum absolute atomic E-state index is 0.0208. The van der Waals surface area contributed by atoms with Crippen molar-refractivity contribution in [2.24, 2.45) is 0 Å². The number of nitro groups is 1. The summed E-state index contributed by atoms with van der Waals surface area (Å²) in [7, 11) is 0. The van der Waals surface area contributed by atoms with Crippen LogP contribution >= 0.6 is 0 Å². The highest BCUT2D eigenvalue weighted by atomic mass is 16.6. The molecule has 1 heterocycles. The van der Waals surface area contributed by atoms with Crippen LogP contribution in [0.2, 0.25) is 0 Å². The molecule has 0 saturated carbocycles. The van der Waals surface area contributed by atoms with E-state index in [1.54, 1.807) is 31.5 Å². The Labute approximate surface area is 124 Å². The Bertz CT molecular complexity index is 629. The molecule has 0 radical (unpaired) electrons. The monoisotopic (exact) mass is 285 g/mol. The molecule has 5 heteroatoms. The summed E-state index contributed by atoms with van der Waals surface area (Å²) in [5, 5.41) is 14.5. The van der Waals surface area contributed by atoms with E-state index in [1.165, 1.54) is 0 Å². The Morgan fingerprint density at radius 3 is 2.33 bits per heavy atom. The molecule has 21 heavy (non-hydrogen) atoms. The fraction of sp³-hybridized carbons (Fsp3) is 0.312. The van der Waals surface area contributed by atoms with Crippen LogP contribution in [0.5, 0.6) is 0 Å². The van der Waals surface area contributed by atoms with Crippen LogP contribution in [0.1, 0.15) is 42.6 Å². The van der Waals surface area contributed by atoms with Gasteiger partial charge in [0.15, 0.2) is 0 Å². The molecular formula is C16H19N3O2. The second-order valence-electron chi connectivity index (χ2n) is 5.19. The summed E-state index contributed by atoms with van der Waals surface area (Å²) in [4.78, 5) is 14.7. The first-order valence-electron chi connectivity index (χ1n) is 6.90. The predicted molar refractivity (Wildman–Crippen MR) is 82.0 cm³/mol. The highest BCUT2D eigenvalue weighted by Crippen LogP contribution is 2.25. The van der Waals surface area contributed by atoms with Crippen LogP contribution in [0.4, 0.5) is 5.69 Å². The molecule has 0 aliphatic carbocycles. The molecule has 1 N–H and O–H groups in total. The zero-order valence-electron chi connectivity index (χ0n) is 12.4. The molecular weight excluding hydrogens is 266 g/mol. The summed E-state index contributed by atoms with van der Waals surface area (Å²) in [6.45, 7) is 5.82. The van der Waals surface area contributed by atoms with E-state index in [9.17, 15) is 10.1 Å². The number of hydrogen-bond donors (Lipinski definition) is 1. The quantitative estimate of drug-likeness (QED) is 0.671. The third-order valence-electron chi connectivity index (χ3n) is 3.64. The van der Waals surface area contributed by atoms with Crippen LogP contribution in [-0.4, -0.2) is 9.91 Å². The van der Waals surface area contributed by atoms with E-state index in [-0.39, 0.29) is 22.7 Å². The van der Waals surface area contributed by atoms with E-state index in [0.717, 1.165) is 11.1 Å². The molecule has 0 spiro atoms. The van der Waals surface area contributed by atoms with Gasteiger partial charge in [-0.05, 0) is 44.0 Å². The van der Waals surface area contributed by atoms with Gasteiger partial charge in [-0.2, -0.15) is 0 Å². The molecule has 1 unspecified atom stereocenters. The second kappa shape index (κ2) is 6.45. The van der Waals surface area contributed by atoms with Crippen molar-refractivity contribution in [2.45, 2.75) is 32.9 Å². The maximum absolute atomic E-state index is 11.0. The Kier molecular flexibility index (Phi) is 4.65. The molecule has 1 aromatic heterocycles. The molecule has 2 rings (SSSR count). The normalized spacial score (nSPS) is 13.7. The topological polar surface area (TPSA) is 68.1 Å². The number of nitrogens with one attached hydrogen (secondary N) is 1. The van der Waals surface area contributed by atoms with Crippen molar-refractivity contribution in [1.82, 2.24) is 10.3 Å². The van der Waals surface area contributed by atoms with E-state index >= 15 is 0 Å². The van der Waals surface area contributed by atoms with E-state index in [1.807, 2.05) is 25.1 Å². The summed E-state index contributed by atoms with van der Waals surface area (Å²) in [6.07, 6.45) is 3.52. The van der Waals surface area contributed by atoms with Gasteiger partial charge in [-0.15, -0.1) is 0 Å². The van der Waals surface area contributed by atoms with E-state index in [2.05, 4.69) is 17.2 Å². The summed E-state index contributed by atoms with van der Waals surface area (Å²) in [5.41, 5.74) is 2.89. The zero-order valence-corrected chi connectivity index (χ0v) is 12.4. The number of aryl methyl sites for hydroxylation is 1. The van der Waals surface area contributed by atoms with Crippen LogP contribution in [0, 0.1) is 17.0 Å². The largest absolute Gasteiger partial charge is 0.304 e. The van der Waals surface area contributed by atoms with Crippen LogP contribution in [0.15, 0.2) is 42.7 Å². The molecule has 0 aliphatic rings. The first-order chi connectivity index (χ1) is 9.99. The van der Waals surface area contributed by atoms with Gasteiger partial charge in [0.25, 0.3) is 5.69 Å². The highest BCUT2D eigenvalue weighted by Gasteiger charge is 2.16. The van der Waals surface area contributed by atoms with Gasteiger partial charge in [-0.3, -0.25) is 15.1 Å². The Balaban J connectivity index is 2.15. The fourth-order valence-electron chi connectivity index (χ4n) is 2.31. The number of hydrogen-bond acceptors (Lipinski definition) is 4. The predicted octanol–water partition coefficient (Wildman–Crippen LogP) is 3.71. The van der Waals surface area contributed by atoms with Gasteiger partial charge in [-0.1, -0.05) is 12.1 Å². The smallest absolute Gasteiger partial charge is 0.272 e. The first-order valence-corrected chi connectivity index (χ1v) is 6.90. The number of pyridine rings is 1. The van der Waals surface area contributed by atoms with Crippen molar-refractivity contribution in [3.05, 3.63) is 69.5 Å². The molecule has 1 aromatic carbocycles. The standard InChI is InChI=1S/C16H19N3O2/c1-11-4-5-15(10-16(11)19(20)21)13(3)18-12(2)14-6-8-17-9-7-14/h4-10,12-13,18H,1-3H3/t12-,13?/m0/s1. The van der Waals surface area contributed by atoms with Crippen molar-refractivity contribution in [3.8, 4) is 0 Å². The van der Waals surface area contributed by atoms with Gasteiger partial charge in [0, 0.05) is 36.1 Å². The Morgan fingerprint density at radius 2 is 1.71 bits per heavy atom. The van der Waals surface area contributed by atoms with Crippen molar-refractivity contribution in [2.75, 3.05) is 0 Å². The van der Waals surface area contributed by atoms with E-state index in [4.69, 9.17) is 0 Å². The molecule has 2 atom stereocenters. The lowest BCUT2D eigenvalue weighted by molar-refractivity contribution is -0.385. The SMILES string of the molecule is Cc1ccc(C(C)N[C@@H](C)c2ccncc2)cc1[N+](=O)[O-]. The first kappa shape index (κ1) is 15.1. The number of aromatic nitrogens is 1. The molecule has 110 valence electrons. The average molecular weight is 285 g/mol. The summed E-state index contributed by atoms with van der Waals surface area (Å²) in [6, 6.07) is 9.45. The number of nitro benzene ring substituents is 1. The maximum atomic E-state index is 11.0. The van der Waals surface area contributed by atoms with Crippen molar-refractivity contribution in [1.29, 1.82) is 0 Å². The van der Waals surface area contributed by atoms with Crippen LogP contribution in [0.25, 0.3) is 0 Å². The van der Waals surface area contributed by atoms with Gasteiger partial charge in [0.2, 0.25) is 0 Å². The molecule has 0 bridgehead atoms. The second-order valence-corrected chi connectivity index (χ2v) is 5.19. The number of rotatable bonds is 5. The van der Waals surface area contributed by atoms with Gasteiger partial charge in [0.1, 0.15) is 0 Å². The van der Waals surface area contributed by atoms with Gasteiger partial charge < -0.3 is 5.32 Å². The van der Waals surface area contributed by atoms with Crippen molar-refractivity contribution < 1.29 is 4.92 Å². The minimum atomic E-state index is -0.335. The summed E-state index contributed by atoms with van der Waals surface area (Å²) >= 11 is 0. The van der Waals surface area contributed by atoms with Crippen LogP contribution < -0.4 is 5.32 Å². The lowest BCUT2D eigenvalue weighted by Gasteiger charge is -2.20. The summed E-state index contributed by atoms with van der Waals surface area (Å²) < 4.78 is 0. The van der Waals surface area contributed by atoms with Crippen molar-refractivity contribution >= 4 is 5.69 Å². The Hall–Kier alpha value is -2.27. The fourth-order valence-corrected chi connectivity index (χ4v) is 2.31. The van der Waals surface area contributed by atoms with Crippen LogP contribution in [0.3, 0.4) is 0 Å². The average Bonchev–Trinajstić information content (AvgIpc) is 2.48. The molecule has 0 amide bonds. The molecule has 0 aliphatic heterocycles. The third-order valence-corrected chi connectivity index (χ3v) is 3.64.